The number of anilines is 2. The van der Waals surface area contributed by atoms with E-state index in [1.807, 2.05) is 54.9 Å². The molecule has 0 atom stereocenters. The molecular weight excluding hydrogens is 402 g/mol. The predicted molar refractivity (Wildman–Crippen MR) is 118 cm³/mol. The Morgan fingerprint density at radius 3 is 2.53 bits per heavy atom. The van der Waals surface area contributed by atoms with E-state index in [1.165, 1.54) is 18.7 Å². The highest BCUT2D eigenvalue weighted by atomic mass is 32.2. The highest BCUT2D eigenvalue weighted by Crippen LogP contribution is 2.25. The van der Waals surface area contributed by atoms with Crippen LogP contribution in [0.5, 0.6) is 5.75 Å². The summed E-state index contributed by atoms with van der Waals surface area (Å²) in [5.41, 5.74) is 2.21. The lowest BCUT2D eigenvalue weighted by molar-refractivity contribution is -0.114. The summed E-state index contributed by atoms with van der Waals surface area (Å²) in [5.74, 6) is 1.34. The average Bonchev–Trinajstić information content (AvgIpc) is 3.08. The van der Waals surface area contributed by atoms with Gasteiger partial charge in [0.05, 0.1) is 12.4 Å². The van der Waals surface area contributed by atoms with Gasteiger partial charge in [0.25, 0.3) is 0 Å². The first kappa shape index (κ1) is 21.4. The summed E-state index contributed by atoms with van der Waals surface area (Å²) in [6.45, 7) is 3.98. The van der Waals surface area contributed by atoms with Crippen LogP contribution in [0.25, 0.3) is 11.4 Å². The van der Waals surface area contributed by atoms with Gasteiger partial charge in [0.2, 0.25) is 11.8 Å². The molecule has 0 aliphatic heterocycles. The Labute approximate surface area is 179 Å². The molecule has 1 aromatic heterocycles. The van der Waals surface area contributed by atoms with Gasteiger partial charge >= 0.3 is 0 Å². The Morgan fingerprint density at radius 2 is 1.83 bits per heavy atom. The number of nitrogens with one attached hydrogen (secondary N) is 2. The standard InChI is InChI=1S/C21H23N5O3S/c1-4-29-18-10-8-16(9-11-18)23-19(28)13-30-21-25-24-20(26(21)3)15-6-5-7-17(12-15)22-14(2)27/h5-12H,4,13H2,1-3H3,(H,22,27)(H,23,28). The van der Waals surface area contributed by atoms with Gasteiger partial charge < -0.3 is 19.9 Å². The van der Waals surface area contributed by atoms with Crippen LogP contribution in [0.3, 0.4) is 0 Å². The minimum absolute atomic E-state index is 0.138. The molecule has 0 aliphatic rings. The molecule has 0 unspecified atom stereocenters. The second-order valence-corrected chi connectivity index (χ2v) is 7.36. The minimum Gasteiger partial charge on any atom is -0.494 e. The van der Waals surface area contributed by atoms with Gasteiger partial charge in [-0.1, -0.05) is 23.9 Å². The molecule has 9 heteroatoms. The Hall–Kier alpha value is -3.33. The number of ether oxygens (including phenoxy) is 1. The van der Waals surface area contributed by atoms with Crippen molar-refractivity contribution in [1.82, 2.24) is 14.8 Å². The Balaban J connectivity index is 1.61. The van der Waals surface area contributed by atoms with E-state index in [0.717, 1.165) is 11.3 Å². The van der Waals surface area contributed by atoms with Crippen LogP contribution in [0, 0.1) is 0 Å². The van der Waals surface area contributed by atoms with Crippen molar-refractivity contribution < 1.29 is 14.3 Å². The molecule has 8 nitrogen and oxygen atoms in total. The van der Waals surface area contributed by atoms with Crippen LogP contribution in [-0.4, -0.2) is 38.9 Å². The molecule has 2 N–H and O–H groups in total. The first-order valence-electron chi connectivity index (χ1n) is 9.39. The third-order valence-corrected chi connectivity index (χ3v) is 5.08. The molecule has 0 spiro atoms. The fraction of sp³-hybridized carbons (Fsp3) is 0.238. The Bertz CT molecular complexity index is 1030. The molecule has 2 aromatic carbocycles. The van der Waals surface area contributed by atoms with Crippen molar-refractivity contribution >= 4 is 35.0 Å². The second-order valence-electron chi connectivity index (χ2n) is 6.42. The molecule has 0 bridgehead atoms. The monoisotopic (exact) mass is 425 g/mol. The van der Waals surface area contributed by atoms with E-state index in [2.05, 4.69) is 20.8 Å². The molecule has 0 saturated carbocycles. The van der Waals surface area contributed by atoms with Crippen LogP contribution >= 0.6 is 11.8 Å². The van der Waals surface area contributed by atoms with Gasteiger partial charge in [0, 0.05) is 30.9 Å². The molecule has 0 aliphatic carbocycles. The number of hydrogen-bond acceptors (Lipinski definition) is 6. The van der Waals surface area contributed by atoms with Crippen molar-refractivity contribution in [3.63, 3.8) is 0 Å². The molecule has 0 radical (unpaired) electrons. The van der Waals surface area contributed by atoms with Crippen LogP contribution in [-0.2, 0) is 16.6 Å². The van der Waals surface area contributed by atoms with Crippen LogP contribution in [0.4, 0.5) is 11.4 Å². The first-order chi connectivity index (χ1) is 14.5. The molecule has 3 rings (SSSR count). The quantitative estimate of drug-likeness (QED) is 0.536. The molecule has 3 aromatic rings. The molecule has 1 heterocycles. The zero-order chi connectivity index (χ0) is 21.5. The van der Waals surface area contributed by atoms with E-state index in [0.29, 0.717) is 29.0 Å². The molecule has 0 saturated heterocycles. The third kappa shape index (κ3) is 5.60. The summed E-state index contributed by atoms with van der Waals surface area (Å²) in [4.78, 5) is 23.5. The van der Waals surface area contributed by atoms with Crippen molar-refractivity contribution in [2.75, 3.05) is 23.0 Å². The summed E-state index contributed by atoms with van der Waals surface area (Å²) in [7, 11) is 1.84. The highest BCUT2D eigenvalue weighted by molar-refractivity contribution is 7.99. The topological polar surface area (TPSA) is 98.1 Å². The van der Waals surface area contributed by atoms with Crippen LogP contribution in [0.1, 0.15) is 13.8 Å². The number of nitrogens with zero attached hydrogens (tertiary/aromatic N) is 3. The number of amides is 2. The SMILES string of the molecule is CCOc1ccc(NC(=O)CSc2nnc(-c3cccc(NC(C)=O)c3)n2C)cc1. The molecule has 30 heavy (non-hydrogen) atoms. The zero-order valence-electron chi connectivity index (χ0n) is 17.0. The zero-order valence-corrected chi connectivity index (χ0v) is 17.8. The number of benzene rings is 2. The van der Waals surface area contributed by atoms with Crippen molar-refractivity contribution in [2.24, 2.45) is 7.05 Å². The van der Waals surface area contributed by atoms with Gasteiger partial charge in [-0.05, 0) is 43.3 Å². The largest absolute Gasteiger partial charge is 0.494 e. The van der Waals surface area contributed by atoms with Crippen LogP contribution < -0.4 is 15.4 Å². The van der Waals surface area contributed by atoms with Crippen molar-refractivity contribution in [2.45, 2.75) is 19.0 Å². The second kappa shape index (κ2) is 9.93. The summed E-state index contributed by atoms with van der Waals surface area (Å²) >= 11 is 1.30. The van der Waals surface area contributed by atoms with Gasteiger partial charge in [-0.15, -0.1) is 10.2 Å². The lowest BCUT2D eigenvalue weighted by atomic mass is 10.2. The van der Waals surface area contributed by atoms with Crippen LogP contribution in [0.15, 0.2) is 53.7 Å². The summed E-state index contributed by atoms with van der Waals surface area (Å²) in [6.07, 6.45) is 0. The van der Waals surface area contributed by atoms with Gasteiger partial charge in [-0.3, -0.25) is 9.59 Å². The van der Waals surface area contributed by atoms with Gasteiger partial charge in [0.1, 0.15) is 5.75 Å². The highest BCUT2D eigenvalue weighted by Gasteiger charge is 2.13. The molecule has 0 fully saturated rings. The number of rotatable bonds is 8. The van der Waals surface area contributed by atoms with Crippen LogP contribution in [0.2, 0.25) is 0 Å². The average molecular weight is 426 g/mol. The maximum atomic E-state index is 12.3. The maximum Gasteiger partial charge on any atom is 0.234 e. The maximum absolute atomic E-state index is 12.3. The number of hydrogen-bond donors (Lipinski definition) is 2. The molecular formula is C21H23N5O3S. The molecule has 2 amide bonds. The van der Waals surface area contributed by atoms with Crippen molar-refractivity contribution in [3.05, 3.63) is 48.5 Å². The van der Waals surface area contributed by atoms with Crippen molar-refractivity contribution in [1.29, 1.82) is 0 Å². The van der Waals surface area contributed by atoms with Gasteiger partial charge in [-0.2, -0.15) is 0 Å². The number of aromatic nitrogens is 3. The van der Waals surface area contributed by atoms with E-state index in [-0.39, 0.29) is 17.6 Å². The fourth-order valence-electron chi connectivity index (χ4n) is 2.76. The Morgan fingerprint density at radius 1 is 1.07 bits per heavy atom. The first-order valence-corrected chi connectivity index (χ1v) is 10.4. The predicted octanol–water partition coefficient (Wildman–Crippen LogP) is 3.57. The summed E-state index contributed by atoms with van der Waals surface area (Å²) in [5, 5.41) is 14.6. The van der Waals surface area contributed by atoms with Crippen molar-refractivity contribution in [3.8, 4) is 17.1 Å². The lowest BCUT2D eigenvalue weighted by Crippen LogP contribution is -2.14. The lowest BCUT2D eigenvalue weighted by Gasteiger charge is -2.08. The van der Waals surface area contributed by atoms with E-state index in [9.17, 15) is 9.59 Å². The van der Waals surface area contributed by atoms with E-state index in [4.69, 9.17) is 4.74 Å². The van der Waals surface area contributed by atoms with E-state index in [1.54, 1.807) is 12.1 Å². The number of thioether (sulfide) groups is 1. The molecule has 156 valence electrons. The smallest absolute Gasteiger partial charge is 0.234 e. The Kier molecular flexibility index (Phi) is 7.08. The number of carbonyl (C=O) groups excluding carboxylic acids is 2. The third-order valence-electron chi connectivity index (χ3n) is 4.06. The number of carbonyl (C=O) groups is 2. The summed E-state index contributed by atoms with van der Waals surface area (Å²) in [6, 6.07) is 14.6. The summed E-state index contributed by atoms with van der Waals surface area (Å²) < 4.78 is 7.22. The van der Waals surface area contributed by atoms with Gasteiger partial charge in [0.15, 0.2) is 11.0 Å². The van der Waals surface area contributed by atoms with E-state index < -0.39 is 0 Å². The fourth-order valence-corrected chi connectivity index (χ4v) is 3.47. The normalized spacial score (nSPS) is 10.5. The van der Waals surface area contributed by atoms with E-state index >= 15 is 0 Å². The van der Waals surface area contributed by atoms with Gasteiger partial charge in [-0.25, -0.2) is 0 Å². The minimum atomic E-state index is -0.139.